The highest BCUT2D eigenvalue weighted by molar-refractivity contribution is 7.18. The molecule has 1 saturated heterocycles. The first kappa shape index (κ1) is 57.1. The van der Waals surface area contributed by atoms with Gasteiger partial charge in [-0.2, -0.15) is 0 Å². The van der Waals surface area contributed by atoms with E-state index in [0.717, 1.165) is 60.8 Å². The van der Waals surface area contributed by atoms with Gasteiger partial charge in [0.05, 0.1) is 45.2 Å². The van der Waals surface area contributed by atoms with Gasteiger partial charge < -0.3 is 47.7 Å². The maximum Gasteiger partial charge on any atom is 0.508 e. The van der Waals surface area contributed by atoms with Gasteiger partial charge in [0.15, 0.2) is 24.1 Å². The van der Waals surface area contributed by atoms with Gasteiger partial charge in [-0.3, -0.25) is 34.1 Å². The number of ketones is 1. The number of rotatable bonds is 13. The Balaban J connectivity index is 1.43. The Morgan fingerprint density at radius 2 is 1.64 bits per heavy atom. The van der Waals surface area contributed by atoms with Gasteiger partial charge in [-0.1, -0.05) is 36.8 Å². The van der Waals surface area contributed by atoms with Gasteiger partial charge in [-0.05, 0) is 88.6 Å². The lowest BCUT2D eigenvalue weighted by atomic mass is 9.71. The van der Waals surface area contributed by atoms with Gasteiger partial charge in [-0.25, -0.2) is 14.6 Å². The molecule has 2 aliphatic heterocycles. The van der Waals surface area contributed by atoms with Crippen LogP contribution in [0.4, 0.5) is 10.5 Å². The van der Waals surface area contributed by atoms with Crippen molar-refractivity contribution < 1.29 is 86.2 Å². The molecule has 2 aromatic carbocycles. The van der Waals surface area contributed by atoms with E-state index < -0.39 is 132 Å². The molecular formula is C51H62N2O19S. The number of fused-ring (bicyclic) bond motifs is 1. The standard InChI is InChI=1S/C51H62N2O19S/c1-11-13-34-42(58)27(3)15-12-14-26(2)16-19-37(33-18-21-39-35(23-33)52-28(4)73-39)69-41(57)24-40(51(8,9)47(34)59)71-50(61)65-25-32-17-20-38(36(22-32)53(62)63)70-49-46(68-31(7)56)44(67-30(6)55)43(66-29(5)54)45(72-49)48(60)64-10/h11,16-18,20-23,27,34,37,40,42-46,49,58H,1,12-15,19,24-25H2,2-10H3/t27-,34+,37-,40-,42-,43-,44-,45-,46+,49+/m0/s1. The lowest BCUT2D eigenvalue weighted by Crippen LogP contribution is -2.64. The highest BCUT2D eigenvalue weighted by atomic mass is 32.1. The number of aryl methyl sites for hydroxylation is 1. The van der Waals surface area contributed by atoms with Crippen LogP contribution in [0.15, 0.2) is 60.7 Å². The van der Waals surface area contributed by atoms with Gasteiger partial charge in [0.25, 0.3) is 0 Å². The summed E-state index contributed by atoms with van der Waals surface area (Å²) in [6, 6.07) is 8.92. The lowest BCUT2D eigenvalue weighted by Gasteiger charge is -2.42. The Hall–Kier alpha value is -6.78. The summed E-state index contributed by atoms with van der Waals surface area (Å²) in [5, 5.41) is 25.0. The number of aliphatic hydroxyl groups is 1. The molecule has 396 valence electrons. The van der Waals surface area contributed by atoms with Crippen LogP contribution in [0.1, 0.15) is 109 Å². The summed E-state index contributed by atoms with van der Waals surface area (Å²) in [5.74, 6) is -7.17. The molecule has 3 heterocycles. The minimum absolute atomic E-state index is 0.00612. The van der Waals surface area contributed by atoms with E-state index in [0.29, 0.717) is 31.2 Å². The minimum Gasteiger partial charge on any atom is -0.467 e. The van der Waals surface area contributed by atoms with Crippen LogP contribution in [-0.4, -0.2) is 107 Å². The molecule has 0 unspecified atom stereocenters. The quantitative estimate of drug-likeness (QED) is 0.0567. The first-order valence-electron chi connectivity index (χ1n) is 23.5. The van der Waals surface area contributed by atoms with Gasteiger partial charge in [0.1, 0.15) is 24.6 Å². The number of aromatic nitrogens is 1. The lowest BCUT2D eigenvalue weighted by molar-refractivity contribution is -0.387. The van der Waals surface area contributed by atoms with Crippen molar-refractivity contribution in [2.75, 3.05) is 7.11 Å². The predicted octanol–water partition coefficient (Wildman–Crippen LogP) is 7.59. The molecule has 0 radical (unpaired) electrons. The Bertz CT molecular complexity index is 2590. The first-order valence-corrected chi connectivity index (χ1v) is 24.3. The maximum absolute atomic E-state index is 14.6. The number of aliphatic hydroxyl groups excluding tert-OH is 1. The fourth-order valence-corrected chi connectivity index (χ4v) is 9.51. The summed E-state index contributed by atoms with van der Waals surface area (Å²) in [5.41, 5.74) is 0.0646. The monoisotopic (exact) mass is 1040 g/mol. The molecule has 21 nitrogen and oxygen atoms in total. The number of benzene rings is 2. The second kappa shape index (κ2) is 25.2. The van der Waals surface area contributed by atoms with Crippen LogP contribution < -0.4 is 4.74 Å². The molecule has 1 aromatic heterocycles. The topological polar surface area (TPSA) is 279 Å². The molecule has 2 aliphatic rings. The van der Waals surface area contributed by atoms with Gasteiger partial charge >= 0.3 is 41.7 Å². The Labute approximate surface area is 425 Å². The van der Waals surface area contributed by atoms with Crippen LogP contribution in [0.3, 0.4) is 0 Å². The van der Waals surface area contributed by atoms with E-state index in [1.54, 1.807) is 0 Å². The van der Waals surface area contributed by atoms with Crippen molar-refractivity contribution in [3.05, 3.63) is 87.0 Å². The van der Waals surface area contributed by atoms with Crippen molar-refractivity contribution in [1.29, 1.82) is 0 Å². The number of nitro benzene ring substituents is 1. The van der Waals surface area contributed by atoms with Crippen LogP contribution in [0, 0.1) is 34.3 Å². The number of nitrogens with zero attached hydrogens (tertiary/aromatic N) is 2. The average Bonchev–Trinajstić information content (AvgIpc) is 3.70. The summed E-state index contributed by atoms with van der Waals surface area (Å²) in [7, 11) is 0.985. The molecule has 0 saturated carbocycles. The molecule has 0 amide bonds. The SMILES string of the molecule is C=CC[C@H]1C(=O)C(C)(C)[C@@H](OC(=O)OCc2ccc(O[C@@H]3O[C@H](C(=O)OC)[C@@H](OC(C)=O)[C@H](OC(C)=O)[C@H]3OC(C)=O)c([N+](=O)[O-])c2)CC(=O)O[C@H](c2ccc3sc(C)nc3c2)CC=C(C)CCC[C@H](C)[C@@H]1O. The second-order valence-electron chi connectivity index (χ2n) is 18.5. The Morgan fingerprint density at radius 3 is 2.29 bits per heavy atom. The zero-order valence-electron chi connectivity index (χ0n) is 42.1. The van der Waals surface area contributed by atoms with E-state index in [1.165, 1.54) is 37.3 Å². The molecule has 73 heavy (non-hydrogen) atoms. The smallest absolute Gasteiger partial charge is 0.467 e. The molecule has 3 aromatic rings. The Kier molecular flexibility index (Phi) is 19.8. The van der Waals surface area contributed by atoms with E-state index in [1.807, 2.05) is 45.0 Å². The fourth-order valence-electron chi connectivity index (χ4n) is 8.70. The number of esters is 5. The number of ether oxygens (including phenoxy) is 9. The first-order chi connectivity index (χ1) is 34.4. The van der Waals surface area contributed by atoms with E-state index >= 15 is 0 Å². The zero-order valence-corrected chi connectivity index (χ0v) is 43.0. The molecule has 1 fully saturated rings. The summed E-state index contributed by atoms with van der Waals surface area (Å²) < 4.78 is 50.6. The Morgan fingerprint density at radius 1 is 0.973 bits per heavy atom. The van der Waals surface area contributed by atoms with Crippen molar-refractivity contribution in [1.82, 2.24) is 4.98 Å². The van der Waals surface area contributed by atoms with Crippen LogP contribution in [0.5, 0.6) is 5.75 Å². The summed E-state index contributed by atoms with van der Waals surface area (Å²) in [6.45, 7) is 14.8. The zero-order chi connectivity index (χ0) is 53.9. The summed E-state index contributed by atoms with van der Waals surface area (Å²) >= 11 is 1.52. The van der Waals surface area contributed by atoms with Crippen LogP contribution >= 0.6 is 11.3 Å². The van der Waals surface area contributed by atoms with Crippen molar-refractivity contribution >= 4 is 69.0 Å². The number of hydrogen-bond donors (Lipinski definition) is 1. The maximum atomic E-state index is 14.6. The number of thiazole rings is 1. The summed E-state index contributed by atoms with van der Waals surface area (Å²) in [4.78, 5) is 108. The number of carbonyl (C=O) groups is 7. The number of allylic oxidation sites excluding steroid dienone is 2. The van der Waals surface area contributed by atoms with E-state index in [2.05, 4.69) is 11.6 Å². The van der Waals surface area contributed by atoms with Crippen molar-refractivity contribution in [3.63, 3.8) is 0 Å². The highest BCUT2D eigenvalue weighted by Gasteiger charge is 2.56. The van der Waals surface area contributed by atoms with E-state index in [9.17, 15) is 48.8 Å². The molecular weight excluding hydrogens is 977 g/mol. The average molecular weight is 1040 g/mol. The number of methoxy groups -OCH3 is 1. The molecule has 10 atom stereocenters. The molecule has 0 aliphatic carbocycles. The fraction of sp³-hybridized carbons (Fsp3) is 0.529. The largest absolute Gasteiger partial charge is 0.508 e. The second-order valence-corrected chi connectivity index (χ2v) is 19.7. The van der Waals surface area contributed by atoms with Crippen molar-refractivity contribution in [2.45, 2.75) is 150 Å². The van der Waals surface area contributed by atoms with Crippen LogP contribution in [-0.2, 0) is 73.3 Å². The van der Waals surface area contributed by atoms with E-state index in [4.69, 9.17) is 42.6 Å². The molecule has 22 heteroatoms. The third-order valence-electron chi connectivity index (χ3n) is 12.5. The number of cyclic esters (lactones) is 1. The normalized spacial score (nSPS) is 26.0. The third kappa shape index (κ3) is 14.9. The third-order valence-corrected chi connectivity index (χ3v) is 13.5. The van der Waals surface area contributed by atoms with Crippen molar-refractivity contribution in [2.24, 2.45) is 17.3 Å². The predicted molar refractivity (Wildman–Crippen MR) is 258 cm³/mol. The molecule has 0 bridgehead atoms. The van der Waals surface area contributed by atoms with E-state index in [-0.39, 0.29) is 17.9 Å². The number of carbonyl (C=O) groups excluding carboxylic acids is 7. The number of hydrogen-bond acceptors (Lipinski definition) is 21. The van der Waals surface area contributed by atoms with Gasteiger partial charge in [0, 0.05) is 39.2 Å². The summed E-state index contributed by atoms with van der Waals surface area (Å²) in [6.07, 6.45) is -8.54. The highest BCUT2D eigenvalue weighted by Crippen LogP contribution is 2.39. The molecule has 0 spiro atoms. The van der Waals surface area contributed by atoms with Crippen LogP contribution in [0.2, 0.25) is 0 Å². The van der Waals surface area contributed by atoms with Gasteiger partial charge in [-0.15, -0.1) is 17.9 Å². The molecule has 5 rings (SSSR count). The number of nitro groups is 1. The van der Waals surface area contributed by atoms with Gasteiger partial charge in [0.2, 0.25) is 12.4 Å². The van der Waals surface area contributed by atoms with Crippen LogP contribution in [0.25, 0.3) is 10.2 Å². The number of Topliss-reactive ketones (excluding diaryl/α,β-unsaturated/α-hetero) is 1. The minimum atomic E-state index is -1.93. The molecule has 1 N–H and O–H groups in total. The van der Waals surface area contributed by atoms with Crippen molar-refractivity contribution in [3.8, 4) is 5.75 Å².